The van der Waals surface area contributed by atoms with Crippen LogP contribution in [0.3, 0.4) is 0 Å². The van der Waals surface area contributed by atoms with E-state index in [-0.39, 0.29) is 11.5 Å². The number of aryl methyl sites for hydroxylation is 4. The van der Waals surface area contributed by atoms with E-state index in [0.29, 0.717) is 6.54 Å². The molecule has 3 nitrogen and oxygen atoms in total. The molecule has 1 heterocycles. The third kappa shape index (κ3) is 2.19. The Hall–Kier alpha value is -2.13. The van der Waals surface area contributed by atoms with Gasteiger partial charge in [-0.3, -0.25) is 4.99 Å². The molecular weight excluding hydrogens is 294 g/mol. The summed E-state index contributed by atoms with van der Waals surface area (Å²) in [7, 11) is 0. The summed E-state index contributed by atoms with van der Waals surface area (Å²) >= 11 is 0. The summed E-state index contributed by atoms with van der Waals surface area (Å²) in [5.41, 5.74) is 20.5. The van der Waals surface area contributed by atoms with Gasteiger partial charge in [0.25, 0.3) is 0 Å². The molecule has 2 aromatic carbocycles. The Morgan fingerprint density at radius 2 is 1.50 bits per heavy atom. The van der Waals surface area contributed by atoms with E-state index in [1.165, 1.54) is 33.4 Å². The van der Waals surface area contributed by atoms with Crippen molar-refractivity contribution < 1.29 is 0 Å². The smallest absolute Gasteiger partial charge is 0.109 e. The number of nitrogens with two attached hydrogens (primary N) is 2. The van der Waals surface area contributed by atoms with Crippen LogP contribution in [-0.4, -0.2) is 18.4 Å². The molecule has 0 saturated carbocycles. The van der Waals surface area contributed by atoms with Crippen molar-refractivity contribution in [3.8, 4) is 0 Å². The molecule has 1 spiro atoms. The largest absolute Gasteiger partial charge is 0.386 e. The van der Waals surface area contributed by atoms with E-state index >= 15 is 0 Å². The molecule has 0 radical (unpaired) electrons. The zero-order chi connectivity index (χ0) is 16.9. The molecule has 0 unspecified atom stereocenters. The second kappa shape index (κ2) is 5.45. The van der Waals surface area contributed by atoms with E-state index in [4.69, 9.17) is 11.5 Å². The second-order valence-electron chi connectivity index (χ2n) is 7.42. The lowest BCUT2D eigenvalue weighted by Gasteiger charge is -2.40. The van der Waals surface area contributed by atoms with Crippen LogP contribution in [0.2, 0.25) is 0 Å². The van der Waals surface area contributed by atoms with Gasteiger partial charge in [-0.05, 0) is 55.4 Å². The van der Waals surface area contributed by atoms with Gasteiger partial charge in [-0.25, -0.2) is 0 Å². The summed E-state index contributed by atoms with van der Waals surface area (Å²) in [5, 5.41) is 0. The quantitative estimate of drug-likeness (QED) is 0.784. The minimum Gasteiger partial charge on any atom is -0.386 e. The Kier molecular flexibility index (Phi) is 3.50. The van der Waals surface area contributed by atoms with Crippen LogP contribution in [0.25, 0.3) is 0 Å². The first-order valence-corrected chi connectivity index (χ1v) is 8.77. The number of aliphatic imine (C=N–C) groups is 1. The Balaban J connectivity index is 2.07. The van der Waals surface area contributed by atoms with E-state index in [9.17, 15) is 0 Å². The molecule has 4 N–H and O–H groups in total. The lowest BCUT2D eigenvalue weighted by atomic mass is 9.66. The topological polar surface area (TPSA) is 64.4 Å². The maximum absolute atomic E-state index is 6.58. The van der Waals surface area contributed by atoms with Crippen LogP contribution in [-0.2, 0) is 18.3 Å². The number of nitrogens with zero attached hydrogens (tertiary/aromatic N) is 1. The van der Waals surface area contributed by atoms with Crippen molar-refractivity contribution in [2.24, 2.45) is 16.5 Å². The first-order chi connectivity index (χ1) is 11.5. The standard InChI is InChI=1S/C21H25N3/c1-13-3-7-18-15(9-13)5-6-16-10-14(2)4-8-19(16)21(18)11-17(22)12-24-20(21)23/h3-4,7-10,17H,5-6,11-12,22H2,1-2H3,(H2,23,24)/t17-/m0/s1. The van der Waals surface area contributed by atoms with Crippen LogP contribution >= 0.6 is 0 Å². The van der Waals surface area contributed by atoms with Crippen LogP contribution in [0, 0.1) is 13.8 Å². The van der Waals surface area contributed by atoms with E-state index in [1.807, 2.05) is 0 Å². The summed E-state index contributed by atoms with van der Waals surface area (Å²) in [6.07, 6.45) is 2.91. The van der Waals surface area contributed by atoms with Gasteiger partial charge in [-0.15, -0.1) is 0 Å². The Bertz CT molecular complexity index is 781. The maximum Gasteiger partial charge on any atom is 0.109 e. The van der Waals surface area contributed by atoms with Crippen LogP contribution in [0.4, 0.5) is 0 Å². The normalized spacial score (nSPS) is 21.6. The number of hydrogen-bond acceptors (Lipinski definition) is 3. The molecule has 4 rings (SSSR count). The average Bonchev–Trinajstić information content (AvgIpc) is 2.67. The van der Waals surface area contributed by atoms with Gasteiger partial charge in [-0.1, -0.05) is 47.5 Å². The second-order valence-corrected chi connectivity index (χ2v) is 7.42. The van der Waals surface area contributed by atoms with Crippen LogP contribution in [0.15, 0.2) is 41.4 Å². The fourth-order valence-corrected chi connectivity index (χ4v) is 4.51. The first-order valence-electron chi connectivity index (χ1n) is 8.77. The van der Waals surface area contributed by atoms with Gasteiger partial charge in [0, 0.05) is 6.04 Å². The van der Waals surface area contributed by atoms with Gasteiger partial charge < -0.3 is 11.5 Å². The SMILES string of the molecule is Cc1ccc2c(c1)CCc1cc(C)ccc1C21C[C@H](N)CN=C1N. The molecule has 2 aromatic rings. The third-order valence-corrected chi connectivity index (χ3v) is 5.61. The Morgan fingerprint density at radius 3 is 2.04 bits per heavy atom. The Morgan fingerprint density at radius 1 is 0.958 bits per heavy atom. The lowest BCUT2D eigenvalue weighted by Crippen LogP contribution is -2.51. The van der Waals surface area contributed by atoms with Gasteiger partial charge in [-0.2, -0.15) is 0 Å². The minimum absolute atomic E-state index is 0.0405. The molecular formula is C21H25N3. The number of amidine groups is 1. The predicted octanol–water partition coefficient (Wildman–Crippen LogP) is 2.78. The summed E-state index contributed by atoms with van der Waals surface area (Å²) in [5.74, 6) is 0.723. The van der Waals surface area contributed by atoms with Gasteiger partial charge in [0.1, 0.15) is 5.84 Å². The molecule has 124 valence electrons. The molecule has 0 bridgehead atoms. The third-order valence-electron chi connectivity index (χ3n) is 5.61. The summed E-state index contributed by atoms with van der Waals surface area (Å²) < 4.78 is 0. The van der Waals surface area contributed by atoms with Crippen molar-refractivity contribution in [2.75, 3.05) is 6.54 Å². The molecule has 1 aliphatic heterocycles. The van der Waals surface area contributed by atoms with Crippen LogP contribution < -0.4 is 11.5 Å². The molecule has 24 heavy (non-hydrogen) atoms. The highest BCUT2D eigenvalue weighted by molar-refractivity contribution is 5.97. The highest BCUT2D eigenvalue weighted by atomic mass is 14.9. The van der Waals surface area contributed by atoms with E-state index in [2.05, 4.69) is 55.2 Å². The fraction of sp³-hybridized carbons (Fsp3) is 0.381. The molecule has 3 heteroatoms. The van der Waals surface area contributed by atoms with Gasteiger partial charge >= 0.3 is 0 Å². The molecule has 1 atom stereocenters. The molecule has 0 aromatic heterocycles. The van der Waals surface area contributed by atoms with Gasteiger partial charge in [0.15, 0.2) is 0 Å². The van der Waals surface area contributed by atoms with E-state index in [0.717, 1.165) is 25.1 Å². The van der Waals surface area contributed by atoms with Gasteiger partial charge in [0.2, 0.25) is 0 Å². The Labute approximate surface area is 143 Å². The monoisotopic (exact) mass is 319 g/mol. The van der Waals surface area contributed by atoms with Crippen LogP contribution in [0.1, 0.15) is 39.8 Å². The van der Waals surface area contributed by atoms with Gasteiger partial charge in [0.05, 0.1) is 12.0 Å². The zero-order valence-electron chi connectivity index (χ0n) is 14.5. The molecule has 0 saturated heterocycles. The number of hydrogen-bond donors (Lipinski definition) is 2. The van der Waals surface area contributed by atoms with Crippen molar-refractivity contribution in [1.82, 2.24) is 0 Å². The first kappa shape index (κ1) is 15.4. The minimum atomic E-state index is -0.375. The van der Waals surface area contributed by atoms with Crippen molar-refractivity contribution in [1.29, 1.82) is 0 Å². The summed E-state index contributed by atoms with van der Waals surface area (Å²) in [6, 6.07) is 13.5. The van der Waals surface area contributed by atoms with Crippen molar-refractivity contribution >= 4 is 5.84 Å². The lowest BCUT2D eigenvalue weighted by molar-refractivity contribution is 0.489. The average molecular weight is 319 g/mol. The number of rotatable bonds is 0. The van der Waals surface area contributed by atoms with Crippen molar-refractivity contribution in [3.63, 3.8) is 0 Å². The predicted molar refractivity (Wildman–Crippen MR) is 99.6 cm³/mol. The fourth-order valence-electron chi connectivity index (χ4n) is 4.51. The van der Waals surface area contributed by atoms with Crippen molar-refractivity contribution in [2.45, 2.75) is 44.6 Å². The summed E-state index contributed by atoms with van der Waals surface area (Å²) in [4.78, 5) is 4.64. The summed E-state index contributed by atoms with van der Waals surface area (Å²) in [6.45, 7) is 4.92. The highest BCUT2D eigenvalue weighted by Gasteiger charge is 2.45. The van der Waals surface area contributed by atoms with Crippen molar-refractivity contribution in [3.05, 3.63) is 69.8 Å². The molecule has 0 amide bonds. The zero-order valence-corrected chi connectivity index (χ0v) is 14.5. The maximum atomic E-state index is 6.58. The number of benzene rings is 2. The molecule has 0 fully saturated rings. The van der Waals surface area contributed by atoms with Crippen LogP contribution in [0.5, 0.6) is 0 Å². The van der Waals surface area contributed by atoms with E-state index < -0.39 is 0 Å². The molecule has 2 aliphatic rings. The number of fused-ring (bicyclic) bond motifs is 4. The molecule has 1 aliphatic carbocycles. The van der Waals surface area contributed by atoms with E-state index in [1.54, 1.807) is 0 Å². The highest BCUT2D eigenvalue weighted by Crippen LogP contribution is 2.44.